The third kappa shape index (κ3) is 4.05. The number of nitrogens with one attached hydrogen (secondary N) is 1. The fraction of sp³-hybridized carbons (Fsp3) is 0.647. The lowest BCUT2D eigenvalue weighted by Crippen LogP contribution is -2.39. The first-order valence-electron chi connectivity index (χ1n) is 7.79. The molecule has 2 rings (SSSR count). The predicted molar refractivity (Wildman–Crippen MR) is 86.4 cm³/mol. The molecule has 112 valence electrons. The molecule has 0 aromatic heterocycles. The predicted octanol–water partition coefficient (Wildman–Crippen LogP) is 4.94. The summed E-state index contributed by atoms with van der Waals surface area (Å²) in [6, 6.07) is 5.47. The number of hydrogen-bond acceptors (Lipinski definition) is 1. The van der Waals surface area contributed by atoms with Crippen LogP contribution in [0.2, 0.25) is 0 Å². The Morgan fingerprint density at radius 2 is 2.20 bits per heavy atom. The van der Waals surface area contributed by atoms with Crippen LogP contribution in [0.5, 0.6) is 0 Å². The summed E-state index contributed by atoms with van der Waals surface area (Å²) in [5.74, 6) is 1.35. The monoisotopic (exact) mass is 341 g/mol. The van der Waals surface area contributed by atoms with Gasteiger partial charge < -0.3 is 5.32 Å². The van der Waals surface area contributed by atoms with E-state index in [0.717, 1.165) is 41.3 Å². The van der Waals surface area contributed by atoms with Gasteiger partial charge in [0, 0.05) is 10.5 Å². The summed E-state index contributed by atoms with van der Waals surface area (Å²) in [5, 5.41) is 3.69. The van der Waals surface area contributed by atoms with Gasteiger partial charge in [0.1, 0.15) is 5.82 Å². The van der Waals surface area contributed by atoms with Crippen LogP contribution in [-0.2, 0) is 6.42 Å². The van der Waals surface area contributed by atoms with Crippen LogP contribution in [0.3, 0.4) is 0 Å². The van der Waals surface area contributed by atoms with Gasteiger partial charge >= 0.3 is 0 Å². The van der Waals surface area contributed by atoms with Crippen LogP contribution in [-0.4, -0.2) is 12.6 Å². The third-order valence-corrected chi connectivity index (χ3v) is 5.32. The number of hydrogen-bond donors (Lipinski definition) is 1. The lowest BCUT2D eigenvalue weighted by Gasteiger charge is -2.28. The summed E-state index contributed by atoms with van der Waals surface area (Å²) in [7, 11) is 0. The van der Waals surface area contributed by atoms with Crippen molar-refractivity contribution < 1.29 is 4.39 Å². The van der Waals surface area contributed by atoms with E-state index in [4.69, 9.17) is 0 Å². The molecule has 1 saturated carbocycles. The van der Waals surface area contributed by atoms with Crippen LogP contribution in [0.1, 0.15) is 45.1 Å². The van der Waals surface area contributed by atoms with E-state index in [0.29, 0.717) is 6.04 Å². The van der Waals surface area contributed by atoms with E-state index in [1.165, 1.54) is 25.3 Å². The molecule has 3 atom stereocenters. The smallest absolute Gasteiger partial charge is 0.123 e. The molecule has 1 fully saturated rings. The van der Waals surface area contributed by atoms with Crippen molar-refractivity contribution in [1.29, 1.82) is 0 Å². The highest BCUT2D eigenvalue weighted by atomic mass is 79.9. The molecule has 0 spiro atoms. The van der Waals surface area contributed by atoms with E-state index in [9.17, 15) is 4.39 Å². The Morgan fingerprint density at radius 1 is 1.40 bits per heavy atom. The molecule has 1 aliphatic carbocycles. The molecule has 0 bridgehead atoms. The van der Waals surface area contributed by atoms with Crippen molar-refractivity contribution in [2.45, 2.75) is 52.0 Å². The van der Waals surface area contributed by atoms with Crippen LogP contribution >= 0.6 is 15.9 Å². The highest BCUT2D eigenvalue weighted by molar-refractivity contribution is 9.10. The van der Waals surface area contributed by atoms with Gasteiger partial charge in [0.15, 0.2) is 0 Å². The van der Waals surface area contributed by atoms with Gasteiger partial charge in [0.2, 0.25) is 0 Å². The van der Waals surface area contributed by atoms with Crippen molar-refractivity contribution in [2.24, 2.45) is 11.8 Å². The van der Waals surface area contributed by atoms with Gasteiger partial charge in [-0.15, -0.1) is 0 Å². The largest absolute Gasteiger partial charge is 0.313 e. The maximum atomic E-state index is 13.5. The number of rotatable bonds is 6. The highest BCUT2D eigenvalue weighted by Gasteiger charge is 2.30. The van der Waals surface area contributed by atoms with Crippen molar-refractivity contribution in [3.05, 3.63) is 34.1 Å². The molecule has 3 unspecified atom stereocenters. The molecule has 1 aromatic carbocycles. The Balaban J connectivity index is 2.12. The van der Waals surface area contributed by atoms with Gasteiger partial charge in [-0.05, 0) is 61.4 Å². The molecule has 1 nitrogen and oxygen atoms in total. The summed E-state index contributed by atoms with van der Waals surface area (Å²) < 4.78 is 14.5. The normalized spacial score (nSPS) is 24.0. The molecule has 1 aromatic rings. The fourth-order valence-corrected chi connectivity index (χ4v) is 3.82. The molecular formula is C17H25BrFN. The van der Waals surface area contributed by atoms with Crippen LogP contribution in [0.25, 0.3) is 0 Å². The Hall–Kier alpha value is -0.410. The number of halogens is 2. The summed E-state index contributed by atoms with van der Waals surface area (Å²) in [6.07, 6.45) is 6.02. The average Bonchev–Trinajstić information content (AvgIpc) is 2.84. The Morgan fingerprint density at radius 3 is 2.85 bits per heavy atom. The van der Waals surface area contributed by atoms with Crippen LogP contribution in [0.15, 0.2) is 22.7 Å². The summed E-state index contributed by atoms with van der Waals surface area (Å²) in [6.45, 7) is 5.60. The molecule has 20 heavy (non-hydrogen) atoms. The third-order valence-electron chi connectivity index (χ3n) is 4.55. The summed E-state index contributed by atoms with van der Waals surface area (Å²) >= 11 is 3.56. The second-order valence-electron chi connectivity index (χ2n) is 6.07. The Labute approximate surface area is 130 Å². The Bertz CT molecular complexity index is 435. The quantitative estimate of drug-likeness (QED) is 0.772. The maximum Gasteiger partial charge on any atom is 0.123 e. The first kappa shape index (κ1) is 16.0. The standard InChI is InChI=1S/C17H25BrFN/c1-3-9-20-17(15-6-4-5-12(15)2)11-13-10-14(19)7-8-16(13)18/h7-8,10,12,15,17,20H,3-6,9,11H2,1-2H3. The van der Waals surface area contributed by atoms with Gasteiger partial charge in [-0.1, -0.05) is 42.6 Å². The van der Waals surface area contributed by atoms with Crippen molar-refractivity contribution in [3.8, 4) is 0 Å². The van der Waals surface area contributed by atoms with Crippen molar-refractivity contribution >= 4 is 15.9 Å². The van der Waals surface area contributed by atoms with Gasteiger partial charge in [-0.2, -0.15) is 0 Å². The van der Waals surface area contributed by atoms with E-state index >= 15 is 0 Å². The SMILES string of the molecule is CCCNC(Cc1cc(F)ccc1Br)C1CCCC1C. The molecule has 0 heterocycles. The maximum absolute atomic E-state index is 13.5. The summed E-state index contributed by atoms with van der Waals surface area (Å²) in [5.41, 5.74) is 1.08. The van der Waals surface area contributed by atoms with E-state index in [2.05, 4.69) is 35.1 Å². The summed E-state index contributed by atoms with van der Waals surface area (Å²) in [4.78, 5) is 0. The molecule has 1 aliphatic rings. The Kier molecular flexibility index (Phi) is 6.03. The van der Waals surface area contributed by atoms with Gasteiger partial charge in [0.25, 0.3) is 0 Å². The van der Waals surface area contributed by atoms with Crippen LogP contribution < -0.4 is 5.32 Å². The van der Waals surface area contributed by atoms with E-state index < -0.39 is 0 Å². The highest BCUT2D eigenvalue weighted by Crippen LogP contribution is 2.35. The second-order valence-corrected chi connectivity index (χ2v) is 6.93. The van der Waals surface area contributed by atoms with Gasteiger partial charge in [0.05, 0.1) is 0 Å². The first-order valence-corrected chi connectivity index (χ1v) is 8.58. The first-order chi connectivity index (χ1) is 9.61. The van der Waals surface area contributed by atoms with E-state index in [-0.39, 0.29) is 5.82 Å². The van der Waals surface area contributed by atoms with Crippen molar-refractivity contribution in [1.82, 2.24) is 5.32 Å². The molecule has 0 amide bonds. The van der Waals surface area contributed by atoms with Gasteiger partial charge in [-0.25, -0.2) is 4.39 Å². The minimum Gasteiger partial charge on any atom is -0.313 e. The average molecular weight is 342 g/mol. The molecular weight excluding hydrogens is 317 g/mol. The zero-order valence-electron chi connectivity index (χ0n) is 12.5. The fourth-order valence-electron chi connectivity index (χ4n) is 3.41. The number of benzene rings is 1. The zero-order valence-corrected chi connectivity index (χ0v) is 14.0. The molecule has 3 heteroatoms. The van der Waals surface area contributed by atoms with Crippen LogP contribution in [0.4, 0.5) is 4.39 Å². The van der Waals surface area contributed by atoms with Crippen molar-refractivity contribution in [3.63, 3.8) is 0 Å². The minimum atomic E-state index is -0.142. The van der Waals surface area contributed by atoms with E-state index in [1.54, 1.807) is 6.07 Å². The molecule has 0 radical (unpaired) electrons. The lowest BCUT2D eigenvalue weighted by molar-refractivity contribution is 0.295. The molecule has 0 saturated heterocycles. The zero-order chi connectivity index (χ0) is 14.5. The lowest BCUT2D eigenvalue weighted by atomic mass is 9.86. The molecule has 1 N–H and O–H groups in total. The van der Waals surface area contributed by atoms with Crippen LogP contribution in [0, 0.1) is 17.7 Å². The van der Waals surface area contributed by atoms with Gasteiger partial charge in [-0.3, -0.25) is 0 Å². The topological polar surface area (TPSA) is 12.0 Å². The van der Waals surface area contributed by atoms with Crippen molar-refractivity contribution in [2.75, 3.05) is 6.54 Å². The minimum absolute atomic E-state index is 0.142. The molecule has 0 aliphatic heterocycles. The second kappa shape index (κ2) is 7.56. The van der Waals surface area contributed by atoms with E-state index in [1.807, 2.05) is 6.07 Å².